The van der Waals surface area contributed by atoms with Gasteiger partial charge in [-0.15, -0.1) is 0 Å². The van der Waals surface area contributed by atoms with Crippen LogP contribution in [0.4, 0.5) is 5.82 Å². The van der Waals surface area contributed by atoms with E-state index >= 15 is 0 Å². The summed E-state index contributed by atoms with van der Waals surface area (Å²) >= 11 is 0. The summed E-state index contributed by atoms with van der Waals surface area (Å²) in [5.74, 6) is 1.46. The van der Waals surface area contributed by atoms with E-state index in [1.807, 2.05) is 6.92 Å². The molecular formula is C11H17N3O3S2. The molecule has 0 amide bonds. The van der Waals surface area contributed by atoms with E-state index in [0.29, 0.717) is 30.4 Å². The number of anilines is 1. The number of sulfonamides is 1. The molecule has 0 bridgehead atoms. The standard InChI is InChI=1S/C11H17N3O3S2/c1-2-12-11-4-3-10(9-13-11)19(16,17)14-5-7-18(15)8-6-14/h3-4,9H,2,5-8H2,1H3,(H,12,13). The molecule has 1 fully saturated rings. The van der Waals surface area contributed by atoms with Crippen molar-refractivity contribution in [3.8, 4) is 0 Å². The molecule has 0 aliphatic carbocycles. The first-order valence-electron chi connectivity index (χ1n) is 6.09. The molecule has 0 spiro atoms. The fourth-order valence-electron chi connectivity index (χ4n) is 1.83. The average Bonchev–Trinajstić information content (AvgIpc) is 2.40. The highest BCUT2D eigenvalue weighted by Crippen LogP contribution is 2.17. The van der Waals surface area contributed by atoms with Crippen molar-refractivity contribution in [2.24, 2.45) is 0 Å². The van der Waals surface area contributed by atoms with Crippen LogP contribution in [0.1, 0.15) is 6.92 Å². The Bertz CT molecular complexity index is 547. The monoisotopic (exact) mass is 303 g/mol. The summed E-state index contributed by atoms with van der Waals surface area (Å²) in [7, 11) is -4.40. The first kappa shape index (κ1) is 14.4. The quantitative estimate of drug-likeness (QED) is 0.863. The summed E-state index contributed by atoms with van der Waals surface area (Å²) in [5.41, 5.74) is 0. The predicted molar refractivity (Wildman–Crippen MR) is 75.0 cm³/mol. The number of hydrogen-bond acceptors (Lipinski definition) is 5. The van der Waals surface area contributed by atoms with Gasteiger partial charge in [0.15, 0.2) is 0 Å². The molecule has 1 aliphatic heterocycles. The van der Waals surface area contributed by atoms with Gasteiger partial charge in [0.2, 0.25) is 10.0 Å². The maximum atomic E-state index is 12.3. The van der Waals surface area contributed by atoms with Gasteiger partial charge >= 0.3 is 0 Å². The maximum Gasteiger partial charge on any atom is 0.244 e. The summed E-state index contributed by atoms with van der Waals surface area (Å²) < 4.78 is 37.3. The third-order valence-electron chi connectivity index (χ3n) is 2.87. The van der Waals surface area contributed by atoms with Crippen molar-refractivity contribution in [3.63, 3.8) is 0 Å². The van der Waals surface area contributed by atoms with Crippen LogP contribution in [-0.4, -0.2) is 53.1 Å². The molecule has 1 aromatic heterocycles. The van der Waals surface area contributed by atoms with Gasteiger partial charge in [0.1, 0.15) is 10.7 Å². The summed E-state index contributed by atoms with van der Waals surface area (Å²) in [6.07, 6.45) is 1.36. The second-order valence-electron chi connectivity index (χ2n) is 4.16. The Morgan fingerprint density at radius 1 is 1.37 bits per heavy atom. The smallest absolute Gasteiger partial charge is 0.244 e. The Morgan fingerprint density at radius 2 is 2.05 bits per heavy atom. The minimum absolute atomic E-state index is 0.182. The molecule has 6 nitrogen and oxygen atoms in total. The topological polar surface area (TPSA) is 79.4 Å². The lowest BCUT2D eigenvalue weighted by Crippen LogP contribution is -2.41. The molecular weight excluding hydrogens is 286 g/mol. The van der Waals surface area contributed by atoms with Crippen molar-refractivity contribution in [2.45, 2.75) is 11.8 Å². The molecule has 2 rings (SSSR count). The van der Waals surface area contributed by atoms with Crippen LogP contribution in [0, 0.1) is 0 Å². The zero-order valence-electron chi connectivity index (χ0n) is 10.7. The first-order chi connectivity index (χ1) is 9.04. The van der Waals surface area contributed by atoms with Crippen molar-refractivity contribution in [2.75, 3.05) is 36.5 Å². The third kappa shape index (κ3) is 3.31. The van der Waals surface area contributed by atoms with Gasteiger partial charge in [-0.05, 0) is 19.1 Å². The van der Waals surface area contributed by atoms with Gasteiger partial charge in [-0.3, -0.25) is 4.21 Å². The van der Waals surface area contributed by atoms with Crippen LogP contribution < -0.4 is 5.32 Å². The highest BCUT2D eigenvalue weighted by Gasteiger charge is 2.28. The lowest BCUT2D eigenvalue weighted by Gasteiger charge is -2.25. The second-order valence-corrected chi connectivity index (χ2v) is 7.80. The molecule has 0 unspecified atom stereocenters. The molecule has 19 heavy (non-hydrogen) atoms. The predicted octanol–water partition coefficient (Wildman–Crippen LogP) is 0.266. The van der Waals surface area contributed by atoms with Gasteiger partial charge in [-0.1, -0.05) is 0 Å². The van der Waals surface area contributed by atoms with Crippen LogP contribution in [-0.2, 0) is 20.8 Å². The van der Waals surface area contributed by atoms with E-state index in [4.69, 9.17) is 0 Å². The number of nitrogens with one attached hydrogen (secondary N) is 1. The fourth-order valence-corrected chi connectivity index (χ4v) is 4.50. The molecule has 0 atom stereocenters. The number of nitrogens with zero attached hydrogens (tertiary/aromatic N) is 2. The number of rotatable bonds is 4. The van der Waals surface area contributed by atoms with Crippen LogP contribution in [0.25, 0.3) is 0 Å². The normalized spacial score (nSPS) is 18.4. The van der Waals surface area contributed by atoms with Gasteiger partial charge < -0.3 is 5.32 Å². The summed E-state index contributed by atoms with van der Waals surface area (Å²) in [6, 6.07) is 3.20. The SMILES string of the molecule is CCNc1ccc(S(=O)(=O)N2CCS(=O)CC2)cn1. The number of hydrogen-bond donors (Lipinski definition) is 1. The van der Waals surface area contributed by atoms with E-state index in [2.05, 4.69) is 10.3 Å². The van der Waals surface area contributed by atoms with Gasteiger partial charge in [0.25, 0.3) is 0 Å². The molecule has 0 saturated carbocycles. The van der Waals surface area contributed by atoms with Gasteiger partial charge in [-0.2, -0.15) is 4.31 Å². The molecule has 1 saturated heterocycles. The fraction of sp³-hybridized carbons (Fsp3) is 0.545. The van der Waals surface area contributed by atoms with E-state index in [1.54, 1.807) is 12.1 Å². The molecule has 0 aromatic carbocycles. The number of pyridine rings is 1. The Morgan fingerprint density at radius 3 is 2.58 bits per heavy atom. The molecule has 0 radical (unpaired) electrons. The van der Waals surface area contributed by atoms with E-state index in [-0.39, 0.29) is 4.90 Å². The largest absolute Gasteiger partial charge is 0.370 e. The number of aromatic nitrogens is 1. The lowest BCUT2D eigenvalue weighted by atomic mass is 10.4. The molecule has 1 N–H and O–H groups in total. The van der Waals surface area contributed by atoms with Crippen LogP contribution in [0.15, 0.2) is 23.2 Å². The average molecular weight is 303 g/mol. The molecule has 106 valence electrons. The van der Waals surface area contributed by atoms with Crippen LogP contribution in [0.3, 0.4) is 0 Å². The highest BCUT2D eigenvalue weighted by molar-refractivity contribution is 7.89. The Balaban J connectivity index is 2.17. The first-order valence-corrected chi connectivity index (χ1v) is 9.02. The molecule has 1 aliphatic rings. The Labute approximate surface area is 115 Å². The van der Waals surface area contributed by atoms with E-state index in [9.17, 15) is 12.6 Å². The molecule has 2 heterocycles. The summed E-state index contributed by atoms with van der Waals surface area (Å²) in [5, 5.41) is 3.01. The van der Waals surface area contributed by atoms with E-state index in [0.717, 1.165) is 6.54 Å². The maximum absolute atomic E-state index is 12.3. The zero-order valence-corrected chi connectivity index (χ0v) is 12.3. The van der Waals surface area contributed by atoms with Crippen molar-refractivity contribution in [1.82, 2.24) is 9.29 Å². The van der Waals surface area contributed by atoms with E-state index < -0.39 is 20.8 Å². The zero-order chi connectivity index (χ0) is 13.9. The van der Waals surface area contributed by atoms with Crippen molar-refractivity contribution >= 4 is 26.6 Å². The highest BCUT2D eigenvalue weighted by atomic mass is 32.2. The minimum atomic E-state index is -3.51. The van der Waals surface area contributed by atoms with Crippen molar-refractivity contribution in [1.29, 1.82) is 0 Å². The van der Waals surface area contributed by atoms with Crippen LogP contribution in [0.2, 0.25) is 0 Å². The minimum Gasteiger partial charge on any atom is -0.370 e. The van der Waals surface area contributed by atoms with Crippen LogP contribution >= 0.6 is 0 Å². The second kappa shape index (κ2) is 5.98. The summed E-state index contributed by atoms with van der Waals surface area (Å²) in [6.45, 7) is 3.30. The van der Waals surface area contributed by atoms with E-state index in [1.165, 1.54) is 10.5 Å². The van der Waals surface area contributed by atoms with Crippen molar-refractivity contribution in [3.05, 3.63) is 18.3 Å². The molecule has 1 aromatic rings. The summed E-state index contributed by atoms with van der Waals surface area (Å²) in [4.78, 5) is 4.25. The van der Waals surface area contributed by atoms with Gasteiger partial charge in [0, 0.05) is 48.1 Å². The van der Waals surface area contributed by atoms with Gasteiger partial charge in [-0.25, -0.2) is 13.4 Å². The Kier molecular flexibility index (Phi) is 4.54. The lowest BCUT2D eigenvalue weighted by molar-refractivity contribution is 0.438. The van der Waals surface area contributed by atoms with Crippen LogP contribution in [0.5, 0.6) is 0 Å². The third-order valence-corrected chi connectivity index (χ3v) is 6.03. The van der Waals surface area contributed by atoms with Crippen molar-refractivity contribution < 1.29 is 12.6 Å². The Hall–Kier alpha value is -0.990. The van der Waals surface area contributed by atoms with Gasteiger partial charge in [0.05, 0.1) is 0 Å². The molecule has 8 heteroatoms.